The number of imidazole rings is 1. The summed E-state index contributed by atoms with van der Waals surface area (Å²) < 4.78 is 2.26. The lowest BCUT2D eigenvalue weighted by molar-refractivity contribution is 0.475. The van der Waals surface area contributed by atoms with Crippen molar-refractivity contribution in [3.05, 3.63) is 36.3 Å². The van der Waals surface area contributed by atoms with Gasteiger partial charge in [-0.2, -0.15) is 0 Å². The van der Waals surface area contributed by atoms with Crippen LogP contribution in [0.25, 0.3) is 11.3 Å². The van der Waals surface area contributed by atoms with Gasteiger partial charge in [-0.25, -0.2) is 4.98 Å². The first-order valence-corrected chi connectivity index (χ1v) is 5.68. The number of aromatic nitrogens is 2. The molecule has 1 aromatic heterocycles. The first-order chi connectivity index (χ1) is 7.84. The third-order valence-corrected chi connectivity index (χ3v) is 3.11. The van der Waals surface area contributed by atoms with E-state index in [1.54, 1.807) is 12.1 Å². The molecule has 3 heteroatoms. The number of hydrogen-bond donors (Lipinski definition) is 1. The molecule has 0 radical (unpaired) electrons. The molecule has 2 aromatic rings. The number of aromatic hydroxyl groups is 1. The van der Waals surface area contributed by atoms with E-state index in [1.165, 1.54) is 18.7 Å². The number of hydrogen-bond acceptors (Lipinski definition) is 2. The molecule has 16 heavy (non-hydrogen) atoms. The summed E-state index contributed by atoms with van der Waals surface area (Å²) in [5.41, 5.74) is 2.16. The van der Waals surface area contributed by atoms with Gasteiger partial charge < -0.3 is 9.67 Å². The van der Waals surface area contributed by atoms with Gasteiger partial charge in [-0.1, -0.05) is 12.1 Å². The Hall–Kier alpha value is -1.77. The molecule has 0 bridgehead atoms. The van der Waals surface area contributed by atoms with Crippen molar-refractivity contribution < 1.29 is 5.11 Å². The average molecular weight is 214 g/mol. The molecule has 1 aromatic carbocycles. The Morgan fingerprint density at radius 3 is 3.06 bits per heavy atom. The second-order valence-corrected chi connectivity index (χ2v) is 4.22. The molecule has 3 nitrogen and oxygen atoms in total. The Kier molecular flexibility index (Phi) is 2.17. The second kappa shape index (κ2) is 3.67. The van der Waals surface area contributed by atoms with Crippen molar-refractivity contribution in [3.8, 4) is 17.0 Å². The van der Waals surface area contributed by atoms with Gasteiger partial charge in [0.05, 0.1) is 11.9 Å². The molecule has 2 heterocycles. The van der Waals surface area contributed by atoms with Crippen LogP contribution in [0.15, 0.2) is 30.5 Å². The fraction of sp³-hybridized carbons (Fsp3) is 0.308. The third-order valence-electron chi connectivity index (χ3n) is 3.11. The highest BCUT2D eigenvalue weighted by Crippen LogP contribution is 2.26. The minimum atomic E-state index is 0.309. The van der Waals surface area contributed by atoms with Gasteiger partial charge in [-0.05, 0) is 25.0 Å². The van der Waals surface area contributed by atoms with E-state index in [4.69, 9.17) is 0 Å². The van der Waals surface area contributed by atoms with Gasteiger partial charge >= 0.3 is 0 Å². The van der Waals surface area contributed by atoms with Gasteiger partial charge in [-0.15, -0.1) is 0 Å². The number of aryl methyl sites for hydroxylation is 1. The second-order valence-electron chi connectivity index (χ2n) is 4.22. The van der Waals surface area contributed by atoms with Crippen LogP contribution in [0.5, 0.6) is 5.75 Å². The molecular formula is C13H14N2O. The van der Waals surface area contributed by atoms with E-state index in [0.717, 1.165) is 24.2 Å². The zero-order valence-electron chi connectivity index (χ0n) is 9.06. The van der Waals surface area contributed by atoms with Crippen LogP contribution in [0.1, 0.15) is 18.7 Å². The molecule has 0 amide bonds. The summed E-state index contributed by atoms with van der Waals surface area (Å²) in [5.74, 6) is 1.48. The summed E-state index contributed by atoms with van der Waals surface area (Å²) in [6.07, 6.45) is 5.43. The Bertz CT molecular complexity index is 516. The number of fused-ring (bicyclic) bond motifs is 1. The zero-order valence-corrected chi connectivity index (χ0v) is 9.06. The van der Waals surface area contributed by atoms with E-state index in [2.05, 4.69) is 9.55 Å². The molecule has 82 valence electrons. The lowest BCUT2D eigenvalue weighted by atomic mass is 10.1. The SMILES string of the molecule is Oc1cccc(-c2cnc3n2CCCC3)c1. The zero-order chi connectivity index (χ0) is 11.0. The number of nitrogens with zero attached hydrogens (tertiary/aromatic N) is 2. The van der Waals surface area contributed by atoms with Crippen molar-refractivity contribution in [2.45, 2.75) is 25.8 Å². The number of phenolic OH excluding ortho intramolecular Hbond substituents is 1. The molecule has 1 aliphatic heterocycles. The van der Waals surface area contributed by atoms with Crippen molar-refractivity contribution >= 4 is 0 Å². The van der Waals surface area contributed by atoms with E-state index >= 15 is 0 Å². The standard InChI is InChI=1S/C13H14N2O/c16-11-5-3-4-10(8-11)12-9-14-13-6-1-2-7-15(12)13/h3-5,8-9,16H,1-2,6-7H2. The van der Waals surface area contributed by atoms with Crippen LogP contribution in [-0.4, -0.2) is 14.7 Å². The molecular weight excluding hydrogens is 200 g/mol. The van der Waals surface area contributed by atoms with Crippen LogP contribution in [0, 0.1) is 0 Å². The van der Waals surface area contributed by atoms with Gasteiger partial charge in [-0.3, -0.25) is 0 Å². The van der Waals surface area contributed by atoms with Crippen LogP contribution in [0.4, 0.5) is 0 Å². The Morgan fingerprint density at radius 2 is 2.19 bits per heavy atom. The monoisotopic (exact) mass is 214 g/mol. The van der Waals surface area contributed by atoms with Gasteiger partial charge in [0.15, 0.2) is 0 Å². The first-order valence-electron chi connectivity index (χ1n) is 5.68. The number of phenols is 1. The van der Waals surface area contributed by atoms with Gasteiger partial charge in [0.1, 0.15) is 11.6 Å². The molecule has 0 saturated heterocycles. The normalized spacial score (nSPS) is 14.8. The highest BCUT2D eigenvalue weighted by molar-refractivity contribution is 5.61. The molecule has 0 saturated carbocycles. The minimum absolute atomic E-state index is 0.309. The van der Waals surface area contributed by atoms with Crippen LogP contribution >= 0.6 is 0 Å². The van der Waals surface area contributed by atoms with Gasteiger partial charge in [0.2, 0.25) is 0 Å². The summed E-state index contributed by atoms with van der Waals surface area (Å²) in [4.78, 5) is 4.44. The topological polar surface area (TPSA) is 38.1 Å². The maximum absolute atomic E-state index is 9.49. The van der Waals surface area contributed by atoms with Crippen LogP contribution in [0.3, 0.4) is 0 Å². The molecule has 1 N–H and O–H groups in total. The first kappa shape index (κ1) is 9.46. The van der Waals surface area contributed by atoms with Crippen LogP contribution < -0.4 is 0 Å². The van der Waals surface area contributed by atoms with E-state index in [0.29, 0.717) is 5.75 Å². The number of rotatable bonds is 1. The quantitative estimate of drug-likeness (QED) is 0.792. The third kappa shape index (κ3) is 1.48. The predicted octanol–water partition coefficient (Wildman–Crippen LogP) is 2.59. The summed E-state index contributed by atoms with van der Waals surface area (Å²) >= 11 is 0. The van der Waals surface area contributed by atoms with Crippen molar-refractivity contribution in [1.29, 1.82) is 0 Å². The fourth-order valence-electron chi connectivity index (χ4n) is 2.31. The minimum Gasteiger partial charge on any atom is -0.508 e. The Labute approximate surface area is 94.4 Å². The molecule has 0 spiro atoms. The molecule has 3 rings (SSSR count). The molecule has 0 atom stereocenters. The van der Waals surface area contributed by atoms with Crippen LogP contribution in [-0.2, 0) is 13.0 Å². The van der Waals surface area contributed by atoms with E-state index < -0.39 is 0 Å². The van der Waals surface area contributed by atoms with Crippen molar-refractivity contribution in [3.63, 3.8) is 0 Å². The lowest BCUT2D eigenvalue weighted by Crippen LogP contribution is -2.11. The van der Waals surface area contributed by atoms with Gasteiger partial charge in [0, 0.05) is 18.5 Å². The predicted molar refractivity (Wildman–Crippen MR) is 62.3 cm³/mol. The summed E-state index contributed by atoms with van der Waals surface area (Å²) in [6.45, 7) is 1.04. The highest BCUT2D eigenvalue weighted by Gasteiger charge is 2.14. The maximum Gasteiger partial charge on any atom is 0.116 e. The highest BCUT2D eigenvalue weighted by atomic mass is 16.3. The van der Waals surface area contributed by atoms with Crippen LogP contribution in [0.2, 0.25) is 0 Å². The maximum atomic E-state index is 9.49. The van der Waals surface area contributed by atoms with E-state index in [-0.39, 0.29) is 0 Å². The molecule has 0 aliphatic carbocycles. The summed E-state index contributed by atoms with van der Waals surface area (Å²) in [6, 6.07) is 7.36. The Morgan fingerprint density at radius 1 is 1.25 bits per heavy atom. The summed E-state index contributed by atoms with van der Waals surface area (Å²) in [5, 5.41) is 9.49. The summed E-state index contributed by atoms with van der Waals surface area (Å²) in [7, 11) is 0. The Balaban J connectivity index is 2.09. The molecule has 0 fully saturated rings. The van der Waals surface area contributed by atoms with Crippen molar-refractivity contribution in [2.75, 3.05) is 0 Å². The largest absolute Gasteiger partial charge is 0.508 e. The smallest absolute Gasteiger partial charge is 0.116 e. The average Bonchev–Trinajstić information content (AvgIpc) is 2.72. The van der Waals surface area contributed by atoms with Gasteiger partial charge in [0.25, 0.3) is 0 Å². The fourth-order valence-corrected chi connectivity index (χ4v) is 2.31. The van der Waals surface area contributed by atoms with Crippen molar-refractivity contribution in [1.82, 2.24) is 9.55 Å². The lowest BCUT2D eigenvalue weighted by Gasteiger charge is -2.16. The van der Waals surface area contributed by atoms with Crippen molar-refractivity contribution in [2.24, 2.45) is 0 Å². The number of benzene rings is 1. The van der Waals surface area contributed by atoms with E-state index in [9.17, 15) is 5.11 Å². The van der Waals surface area contributed by atoms with E-state index in [1.807, 2.05) is 18.3 Å². The molecule has 0 unspecified atom stereocenters. The molecule has 1 aliphatic rings.